The molecule has 2 aromatic rings. The molecule has 0 radical (unpaired) electrons. The van der Waals surface area contributed by atoms with Crippen LogP contribution < -0.4 is 14.8 Å². The summed E-state index contributed by atoms with van der Waals surface area (Å²) in [5, 5.41) is 2.51. The first-order valence-corrected chi connectivity index (χ1v) is 10.0. The van der Waals surface area contributed by atoms with Gasteiger partial charge in [0.05, 0.1) is 23.1 Å². The lowest BCUT2D eigenvalue weighted by molar-refractivity contribution is -0.137. The molecule has 0 aliphatic rings. The van der Waals surface area contributed by atoms with Gasteiger partial charge in [0.25, 0.3) is 0 Å². The lowest BCUT2D eigenvalue weighted by Gasteiger charge is -2.13. The largest absolute Gasteiger partial charge is 0.475 e. The van der Waals surface area contributed by atoms with Crippen molar-refractivity contribution in [2.75, 3.05) is 6.54 Å². The Morgan fingerprint density at radius 3 is 2.59 bits per heavy atom. The SMILES string of the molecule is CC(C)Oc1ncccc1CNC(=O)CNS(=O)(=O)c1cccc(C(F)(F)F)c1. The maximum Gasteiger partial charge on any atom is 0.416 e. The molecule has 2 N–H and O–H groups in total. The van der Waals surface area contributed by atoms with Crippen LogP contribution in [0.25, 0.3) is 0 Å². The minimum Gasteiger partial charge on any atom is -0.475 e. The molecule has 0 atom stereocenters. The quantitative estimate of drug-likeness (QED) is 0.669. The fourth-order valence-electron chi connectivity index (χ4n) is 2.23. The molecule has 1 aromatic heterocycles. The molecule has 0 unspecified atom stereocenters. The highest BCUT2D eigenvalue weighted by Gasteiger charge is 2.31. The second-order valence-electron chi connectivity index (χ2n) is 6.26. The van der Waals surface area contributed by atoms with Crippen LogP contribution in [-0.2, 0) is 27.5 Å². The van der Waals surface area contributed by atoms with Gasteiger partial charge in [-0.1, -0.05) is 12.1 Å². The minimum absolute atomic E-state index is 0.0417. The highest BCUT2D eigenvalue weighted by Crippen LogP contribution is 2.30. The van der Waals surface area contributed by atoms with Gasteiger partial charge in [-0.05, 0) is 38.1 Å². The summed E-state index contributed by atoms with van der Waals surface area (Å²) in [6.45, 7) is 3.04. The molecule has 0 aliphatic heterocycles. The zero-order valence-electron chi connectivity index (χ0n) is 15.7. The Labute approximate surface area is 166 Å². The molecule has 0 aliphatic carbocycles. The normalized spacial score (nSPS) is 12.1. The van der Waals surface area contributed by atoms with Crippen LogP contribution in [0.1, 0.15) is 25.0 Å². The molecular formula is C18H20F3N3O4S. The predicted molar refractivity (Wildman–Crippen MR) is 98.5 cm³/mol. The van der Waals surface area contributed by atoms with Gasteiger partial charge in [0.1, 0.15) is 0 Å². The summed E-state index contributed by atoms with van der Waals surface area (Å²) in [4.78, 5) is 15.5. The number of carbonyl (C=O) groups excluding carboxylic acids is 1. The van der Waals surface area contributed by atoms with Crippen molar-refractivity contribution in [3.05, 3.63) is 53.7 Å². The standard InChI is InChI=1S/C18H20F3N3O4S/c1-12(2)28-17-13(5-4-8-22-17)10-23-16(25)11-24-29(26,27)15-7-3-6-14(9-15)18(19,20)21/h3-9,12,24H,10-11H2,1-2H3,(H,23,25). The third-order valence-electron chi connectivity index (χ3n) is 3.57. The van der Waals surface area contributed by atoms with Crippen LogP contribution >= 0.6 is 0 Å². The Bertz CT molecular complexity index is 963. The van der Waals surface area contributed by atoms with Crippen molar-refractivity contribution >= 4 is 15.9 Å². The zero-order chi connectivity index (χ0) is 21.7. The van der Waals surface area contributed by atoms with Crippen molar-refractivity contribution in [1.82, 2.24) is 15.0 Å². The van der Waals surface area contributed by atoms with Gasteiger partial charge >= 0.3 is 6.18 Å². The smallest absolute Gasteiger partial charge is 0.416 e. The fourth-order valence-corrected chi connectivity index (χ4v) is 3.26. The molecule has 0 bridgehead atoms. The average molecular weight is 431 g/mol. The van der Waals surface area contributed by atoms with Crippen molar-refractivity contribution in [2.45, 2.75) is 37.6 Å². The van der Waals surface area contributed by atoms with E-state index >= 15 is 0 Å². The van der Waals surface area contributed by atoms with Crippen LogP contribution in [0.3, 0.4) is 0 Å². The summed E-state index contributed by atoms with van der Waals surface area (Å²) in [5.74, 6) is -0.327. The Morgan fingerprint density at radius 2 is 1.93 bits per heavy atom. The number of benzene rings is 1. The van der Waals surface area contributed by atoms with Gasteiger partial charge in [0.15, 0.2) is 0 Å². The molecule has 2 rings (SSSR count). The number of ether oxygens (including phenoxy) is 1. The van der Waals surface area contributed by atoms with E-state index in [0.29, 0.717) is 17.5 Å². The van der Waals surface area contributed by atoms with Crippen LogP contribution in [0.5, 0.6) is 5.88 Å². The van der Waals surface area contributed by atoms with E-state index in [1.807, 2.05) is 18.6 Å². The zero-order valence-corrected chi connectivity index (χ0v) is 16.5. The van der Waals surface area contributed by atoms with Gasteiger partial charge in [-0.3, -0.25) is 4.79 Å². The van der Waals surface area contributed by atoms with Crippen LogP contribution in [0.2, 0.25) is 0 Å². The Kier molecular flexibility index (Phi) is 7.20. The van der Waals surface area contributed by atoms with E-state index in [2.05, 4.69) is 10.3 Å². The topological polar surface area (TPSA) is 97.4 Å². The van der Waals surface area contributed by atoms with Gasteiger partial charge in [0, 0.05) is 18.3 Å². The molecule has 0 saturated heterocycles. The first-order valence-electron chi connectivity index (χ1n) is 8.53. The van der Waals surface area contributed by atoms with E-state index in [0.717, 1.165) is 18.2 Å². The number of nitrogens with one attached hydrogen (secondary N) is 2. The number of sulfonamides is 1. The number of halogens is 3. The van der Waals surface area contributed by atoms with E-state index in [9.17, 15) is 26.4 Å². The Balaban J connectivity index is 1.97. The molecule has 29 heavy (non-hydrogen) atoms. The lowest BCUT2D eigenvalue weighted by Crippen LogP contribution is -2.36. The number of aromatic nitrogens is 1. The summed E-state index contributed by atoms with van der Waals surface area (Å²) in [6.07, 6.45) is -3.27. The highest BCUT2D eigenvalue weighted by atomic mass is 32.2. The van der Waals surface area contributed by atoms with E-state index < -0.39 is 39.1 Å². The summed E-state index contributed by atoms with van der Waals surface area (Å²) >= 11 is 0. The van der Waals surface area contributed by atoms with Gasteiger partial charge in [-0.15, -0.1) is 0 Å². The molecule has 7 nitrogen and oxygen atoms in total. The molecular weight excluding hydrogens is 411 g/mol. The number of pyridine rings is 1. The number of alkyl halides is 3. The number of hydrogen-bond acceptors (Lipinski definition) is 5. The number of amides is 1. The third kappa shape index (κ3) is 6.71. The summed E-state index contributed by atoms with van der Waals surface area (Å²) in [5.41, 5.74) is -0.505. The monoisotopic (exact) mass is 431 g/mol. The molecule has 1 aromatic carbocycles. The van der Waals surface area contributed by atoms with Gasteiger partial charge in [-0.2, -0.15) is 13.2 Å². The predicted octanol–water partition coefficient (Wildman–Crippen LogP) is 2.48. The van der Waals surface area contributed by atoms with E-state index in [-0.39, 0.29) is 12.6 Å². The van der Waals surface area contributed by atoms with Crippen molar-refractivity contribution in [2.24, 2.45) is 0 Å². The van der Waals surface area contributed by atoms with Crippen LogP contribution in [-0.4, -0.2) is 32.0 Å². The van der Waals surface area contributed by atoms with Crippen molar-refractivity contribution in [3.63, 3.8) is 0 Å². The third-order valence-corrected chi connectivity index (χ3v) is 4.97. The summed E-state index contributed by atoms with van der Waals surface area (Å²) in [7, 11) is -4.29. The summed E-state index contributed by atoms with van der Waals surface area (Å²) < 4.78 is 70.1. The molecule has 1 amide bonds. The van der Waals surface area contributed by atoms with E-state index in [1.165, 1.54) is 6.20 Å². The number of hydrogen-bond donors (Lipinski definition) is 2. The van der Waals surface area contributed by atoms with Crippen LogP contribution in [0.4, 0.5) is 13.2 Å². The van der Waals surface area contributed by atoms with E-state index in [1.54, 1.807) is 12.1 Å². The lowest BCUT2D eigenvalue weighted by atomic mass is 10.2. The molecule has 1 heterocycles. The maximum atomic E-state index is 12.7. The molecule has 0 fully saturated rings. The van der Waals surface area contributed by atoms with E-state index in [4.69, 9.17) is 4.74 Å². The maximum absolute atomic E-state index is 12.7. The number of nitrogens with zero attached hydrogens (tertiary/aromatic N) is 1. The Morgan fingerprint density at radius 1 is 1.21 bits per heavy atom. The Hall–Kier alpha value is -2.66. The number of carbonyl (C=O) groups is 1. The average Bonchev–Trinajstić information content (AvgIpc) is 2.65. The van der Waals surface area contributed by atoms with Crippen molar-refractivity contribution < 1.29 is 31.1 Å². The van der Waals surface area contributed by atoms with Gasteiger partial charge in [-0.25, -0.2) is 18.1 Å². The first-order chi connectivity index (χ1) is 13.5. The van der Waals surface area contributed by atoms with Crippen molar-refractivity contribution in [3.8, 4) is 5.88 Å². The van der Waals surface area contributed by atoms with Gasteiger partial charge in [0.2, 0.25) is 21.8 Å². The van der Waals surface area contributed by atoms with Crippen molar-refractivity contribution in [1.29, 1.82) is 0 Å². The minimum atomic E-state index is -4.68. The second kappa shape index (κ2) is 9.23. The molecule has 0 spiro atoms. The highest BCUT2D eigenvalue weighted by molar-refractivity contribution is 7.89. The van der Waals surface area contributed by atoms with Crippen LogP contribution in [0, 0.1) is 0 Å². The number of rotatable bonds is 8. The molecule has 158 valence electrons. The fraction of sp³-hybridized carbons (Fsp3) is 0.333. The summed E-state index contributed by atoms with van der Waals surface area (Å²) in [6, 6.07) is 6.61. The van der Waals surface area contributed by atoms with Crippen LogP contribution in [0.15, 0.2) is 47.5 Å². The second-order valence-corrected chi connectivity index (χ2v) is 8.03. The molecule has 0 saturated carbocycles. The van der Waals surface area contributed by atoms with Gasteiger partial charge < -0.3 is 10.1 Å². The first kappa shape index (κ1) is 22.6. The molecule has 11 heteroatoms.